The summed E-state index contributed by atoms with van der Waals surface area (Å²) in [6.07, 6.45) is 13.7. The summed E-state index contributed by atoms with van der Waals surface area (Å²) in [5, 5.41) is 10.4. The number of esters is 4. The Balaban J connectivity index is -0.000000140. The fourth-order valence-corrected chi connectivity index (χ4v) is 11.0. The van der Waals surface area contributed by atoms with E-state index in [1.54, 1.807) is 0 Å². The molecule has 17 nitrogen and oxygen atoms in total. The van der Waals surface area contributed by atoms with E-state index in [1.807, 2.05) is 199 Å². The second-order valence-corrected chi connectivity index (χ2v) is 24.3. The van der Waals surface area contributed by atoms with Crippen LogP contribution in [0.25, 0.3) is 0 Å². The molecule has 0 bridgehead atoms. The van der Waals surface area contributed by atoms with Gasteiger partial charge in [0.1, 0.15) is 0 Å². The molecule has 0 saturated carbocycles. The van der Waals surface area contributed by atoms with Gasteiger partial charge in [-0.1, -0.05) is 287 Å². The van der Waals surface area contributed by atoms with E-state index >= 15 is 0 Å². The largest absolute Gasteiger partial charge is 1.00 e. The summed E-state index contributed by atoms with van der Waals surface area (Å²) in [4.78, 5) is 107. The minimum atomic E-state index is -0.709. The van der Waals surface area contributed by atoms with Crippen LogP contribution < -0.4 is 142 Å². The van der Waals surface area contributed by atoms with Crippen LogP contribution in [0.15, 0.2) is 243 Å². The Morgan fingerprint density at radius 2 is 0.679 bits per heavy atom. The molecule has 112 heavy (non-hydrogen) atoms. The number of halogens is 2. The molecule has 0 heterocycles. The summed E-state index contributed by atoms with van der Waals surface area (Å²) < 4.78 is 20.3. The Hall–Kier alpha value is -5.79. The van der Waals surface area contributed by atoms with Crippen molar-refractivity contribution in [3.8, 4) is 0 Å². The van der Waals surface area contributed by atoms with Gasteiger partial charge in [-0.15, -0.1) is 0 Å². The van der Waals surface area contributed by atoms with E-state index in [-0.39, 0.29) is 218 Å². The molecule has 23 heteroatoms. The van der Waals surface area contributed by atoms with E-state index in [4.69, 9.17) is 43.0 Å². The maximum Gasteiger partial charge on any atom is 1.00 e. The van der Waals surface area contributed by atoms with Gasteiger partial charge < -0.3 is 44.8 Å². The smallest absolute Gasteiger partial charge is 1.00 e. The number of carboxylic acids is 1. The van der Waals surface area contributed by atoms with Crippen LogP contribution in [-0.2, 0) is 123 Å². The van der Waals surface area contributed by atoms with E-state index in [1.165, 1.54) is 38.9 Å². The fraction of sp³-hybridized carbons (Fsp3) is 0.371. The van der Waals surface area contributed by atoms with Crippen molar-refractivity contribution >= 4 is 64.2 Å². The van der Waals surface area contributed by atoms with Crippen molar-refractivity contribution in [2.24, 2.45) is 23.2 Å². The first-order valence-electron chi connectivity index (χ1n) is 35.8. The average Bonchev–Trinajstić information content (AvgIpc) is 0.820. The number of alkyl halides is 1. The maximum atomic E-state index is 12.7. The van der Waals surface area contributed by atoms with Gasteiger partial charge in [-0.25, -0.2) is 0 Å². The molecule has 8 aromatic rings. The van der Waals surface area contributed by atoms with Crippen molar-refractivity contribution in [3.05, 3.63) is 287 Å². The van der Waals surface area contributed by atoms with Gasteiger partial charge in [-0.3, -0.25) is 24.0 Å². The van der Waals surface area contributed by atoms with Crippen molar-refractivity contribution < 1.29 is 227 Å². The first kappa shape index (κ1) is 122. The number of hydrogen-bond acceptors (Lipinski definition) is 16. The normalized spacial score (nSPS) is 10.3. The molecule has 2 N–H and O–H groups in total. The number of carboxylic acid groups (broad SMARTS) is 1. The average molecular weight is 1660 g/mol. The Kier molecular flexibility index (Phi) is 92.1. The molecule has 4 unspecified atom stereocenters. The zero-order chi connectivity index (χ0) is 77.8. The summed E-state index contributed by atoms with van der Waals surface area (Å²) in [6, 6.07) is 81.6. The molecule has 8 rings (SSSR count). The van der Waals surface area contributed by atoms with Gasteiger partial charge in [0.2, 0.25) is 0 Å². The number of ether oxygens (including phenoxy) is 4. The Morgan fingerprint density at radius 1 is 0.411 bits per heavy atom. The van der Waals surface area contributed by atoms with Crippen LogP contribution >= 0.6 is 15.9 Å². The fourth-order valence-electron chi connectivity index (χ4n) is 10.6. The third-order valence-corrected chi connectivity index (χ3v) is 16.5. The van der Waals surface area contributed by atoms with Crippen LogP contribution in [0.1, 0.15) is 155 Å². The van der Waals surface area contributed by atoms with E-state index in [9.17, 15) is 29.1 Å². The summed E-state index contributed by atoms with van der Waals surface area (Å²) in [7, 11) is 0. The van der Waals surface area contributed by atoms with Crippen LogP contribution in [0.4, 0.5) is 0 Å². The topological polar surface area (TPSA) is 275 Å². The Labute approximate surface area is 782 Å². The number of aliphatic carboxylic acids is 1. The van der Waals surface area contributed by atoms with Gasteiger partial charge in [-0.05, 0) is 169 Å². The molecule has 0 spiro atoms. The molecule has 0 fully saturated rings. The van der Waals surface area contributed by atoms with Crippen LogP contribution in [0.3, 0.4) is 0 Å². The van der Waals surface area contributed by atoms with Gasteiger partial charge in [0, 0.05) is 11.8 Å². The van der Waals surface area contributed by atoms with Crippen molar-refractivity contribution in [1.82, 2.24) is 0 Å². The first-order chi connectivity index (χ1) is 51.0. The molecule has 0 aliphatic heterocycles. The van der Waals surface area contributed by atoms with Crippen molar-refractivity contribution in [1.29, 1.82) is 0 Å². The second kappa shape index (κ2) is 84.6. The molecule has 0 radical (unpaired) electrons. The van der Waals surface area contributed by atoms with E-state index in [0.717, 1.165) is 94.4 Å². The summed E-state index contributed by atoms with van der Waals surface area (Å²) >= 11 is 3.39. The number of carbonyl (C=O) groups excluding carboxylic acids is 10. The van der Waals surface area contributed by atoms with Crippen molar-refractivity contribution in [2.45, 2.75) is 159 Å². The molecule has 590 valence electrons. The molecular formula is C89H114BrClKLiNa2O17. The number of carbonyl (C=O) groups is 5. The Bertz CT molecular complexity index is 3570. The molecule has 8 aromatic carbocycles. The molecule has 0 saturated heterocycles. The zero-order valence-corrected chi connectivity index (χ0v) is 76.4. The summed E-state index contributed by atoms with van der Waals surface area (Å²) in [5.74, 6) is -1.36. The van der Waals surface area contributed by atoms with Crippen LogP contribution in [0, 0.1) is 23.2 Å². The maximum absolute atomic E-state index is 12.7. The van der Waals surface area contributed by atoms with Crippen LogP contribution in [0.2, 0.25) is 0 Å². The number of aryl methyl sites for hydroxylation is 5. The van der Waals surface area contributed by atoms with Crippen LogP contribution in [0.5, 0.6) is 0 Å². The molecule has 0 aliphatic carbocycles. The van der Waals surface area contributed by atoms with E-state index in [0.29, 0.717) is 45.7 Å². The van der Waals surface area contributed by atoms with Gasteiger partial charge >= 0.3 is 178 Å². The SMILES string of the molecule is BrCCc1ccccc1.C.CCCC(=O)OCC.CCOC(=O)C(CC)(CCc1ccccc1)Cc1ccccc1.CCOC(=O)C(CC)CCc1ccccc1.CCOC(=O)C(CCc1ccccc1)Cc1ccccc1.O=C(O)C(CCc1ccccc1)Cc1ccccc1.O=C=O.O=C=O.O=C=O.[Cl-].[H-].[H-].[K+].[Li+].[Na+].[Na+].[OH-]. The molecule has 4 atom stereocenters. The van der Waals surface area contributed by atoms with E-state index < -0.39 is 11.4 Å². The second-order valence-electron chi connectivity index (χ2n) is 23.5. The zero-order valence-electron chi connectivity index (χ0n) is 68.9. The minimum Gasteiger partial charge on any atom is -1.00 e. The number of rotatable bonds is 32. The number of benzene rings is 8. The Morgan fingerprint density at radius 3 is 0.964 bits per heavy atom. The molecule has 0 aliphatic rings. The van der Waals surface area contributed by atoms with Gasteiger partial charge in [0.15, 0.2) is 0 Å². The predicted octanol–water partition coefficient (Wildman–Crippen LogP) is 3.56. The first-order valence-corrected chi connectivity index (χ1v) is 36.9. The summed E-state index contributed by atoms with van der Waals surface area (Å²) in [5.41, 5.74) is 9.42. The summed E-state index contributed by atoms with van der Waals surface area (Å²) in [6.45, 7) is 15.3. The minimum absolute atomic E-state index is 0. The van der Waals surface area contributed by atoms with E-state index in [2.05, 4.69) is 113 Å². The van der Waals surface area contributed by atoms with Crippen LogP contribution in [-0.4, -0.2) is 90.6 Å². The quantitative estimate of drug-likeness (QED) is 0.0273. The monoisotopic (exact) mass is 1660 g/mol. The molecule has 0 amide bonds. The van der Waals surface area contributed by atoms with Gasteiger partial charge in [-0.2, -0.15) is 28.8 Å². The molecular weight excluding hydrogens is 1550 g/mol. The van der Waals surface area contributed by atoms with Crippen molar-refractivity contribution in [2.75, 3.05) is 31.8 Å². The third-order valence-electron chi connectivity index (χ3n) is 16.1. The molecule has 0 aromatic heterocycles. The standard InChI is InChI=1S/C21H26O2.C19H22O2.C17H18O2.C14H20O2.C8H9Br.C6H12O2.3CO2.CH4.ClH.K.Li.2Na.H2O.2H/c1-3-21(20(22)23-4-2,17-19-13-9-6-10-14-19)16-15-18-11-7-5-8-12-18;1-2-21-19(20)18(15-17-11-7-4-8-12-17)14-13-16-9-5-3-6-10-16;18-17(19)16(13-15-9-5-2-6-10-15)12-11-14-7-3-1-4-8-14;1-3-13(14(15)16-4-2)11-10-12-8-6-5-7-9-12;9-7-6-8-4-2-1-3-5-8;1-3-5-6(7)8-4-2;3*2-1-3;;;;;;;;;/h5-14H,3-4,15-17H2,1-2H3;3-12,18H,2,13-15H2,1H3;1-10,16H,11-13H2,(H,18,19);5-9,13H,3-4,10-11H2,1-2H3;1-5H,6-7H2;3-5H2,1-2H3;;;;1H4;1H;;;;;1H2;;/q;;;;;;;;;;;4*+1;;2*-1/p-2. The number of hydrogen-bond donors (Lipinski definition) is 1. The van der Waals surface area contributed by atoms with Crippen molar-refractivity contribution in [3.63, 3.8) is 0 Å². The predicted molar refractivity (Wildman–Crippen MR) is 422 cm³/mol. The van der Waals surface area contributed by atoms with Gasteiger partial charge in [0.25, 0.3) is 0 Å². The van der Waals surface area contributed by atoms with Gasteiger partial charge in [0.05, 0.1) is 49.6 Å². The third kappa shape index (κ3) is 62.6.